The first-order valence-corrected chi connectivity index (χ1v) is 7.48. The molecule has 1 aliphatic heterocycles. The Morgan fingerprint density at radius 2 is 1.83 bits per heavy atom. The summed E-state index contributed by atoms with van der Waals surface area (Å²) in [4.78, 5) is 14.2. The average Bonchev–Trinajstić information content (AvgIpc) is 2.34. The third kappa shape index (κ3) is 5.83. The highest BCUT2D eigenvalue weighted by atomic mass is 16.1. The second-order valence-electron chi connectivity index (χ2n) is 5.25. The van der Waals surface area contributed by atoms with Crippen LogP contribution in [0, 0.1) is 0 Å². The SMILES string of the molecule is CCCNC(=O)CC(CN)N1CCCCCCC1. The first-order valence-electron chi connectivity index (χ1n) is 7.48. The summed E-state index contributed by atoms with van der Waals surface area (Å²) in [5, 5.41) is 2.94. The minimum atomic E-state index is 0.148. The van der Waals surface area contributed by atoms with Crippen LogP contribution < -0.4 is 11.1 Å². The smallest absolute Gasteiger partial charge is 0.221 e. The van der Waals surface area contributed by atoms with Gasteiger partial charge < -0.3 is 11.1 Å². The summed E-state index contributed by atoms with van der Waals surface area (Å²) < 4.78 is 0. The number of rotatable bonds is 6. The topological polar surface area (TPSA) is 58.4 Å². The van der Waals surface area contributed by atoms with Crippen molar-refractivity contribution < 1.29 is 4.79 Å². The van der Waals surface area contributed by atoms with Crippen molar-refractivity contribution in [2.24, 2.45) is 5.73 Å². The number of nitrogens with two attached hydrogens (primary N) is 1. The van der Waals surface area contributed by atoms with Crippen molar-refractivity contribution in [1.82, 2.24) is 10.2 Å². The van der Waals surface area contributed by atoms with E-state index >= 15 is 0 Å². The van der Waals surface area contributed by atoms with Gasteiger partial charge in [-0.2, -0.15) is 0 Å². The zero-order valence-corrected chi connectivity index (χ0v) is 11.8. The first-order chi connectivity index (χ1) is 8.77. The minimum Gasteiger partial charge on any atom is -0.356 e. The molecule has 0 saturated carbocycles. The lowest BCUT2D eigenvalue weighted by Gasteiger charge is -2.32. The second-order valence-corrected chi connectivity index (χ2v) is 5.25. The quantitative estimate of drug-likeness (QED) is 0.756. The number of nitrogens with one attached hydrogen (secondary N) is 1. The number of likely N-dealkylation sites (tertiary alicyclic amines) is 1. The van der Waals surface area contributed by atoms with Gasteiger partial charge in [-0.05, 0) is 32.4 Å². The van der Waals surface area contributed by atoms with Gasteiger partial charge in [0.2, 0.25) is 5.91 Å². The number of hydrogen-bond acceptors (Lipinski definition) is 3. The maximum atomic E-state index is 11.8. The van der Waals surface area contributed by atoms with Crippen molar-refractivity contribution in [2.75, 3.05) is 26.2 Å². The van der Waals surface area contributed by atoms with Crippen LogP contribution in [0.15, 0.2) is 0 Å². The monoisotopic (exact) mass is 255 g/mol. The van der Waals surface area contributed by atoms with E-state index < -0.39 is 0 Å². The molecule has 0 radical (unpaired) electrons. The van der Waals surface area contributed by atoms with Gasteiger partial charge in [0.1, 0.15) is 0 Å². The highest BCUT2D eigenvalue weighted by molar-refractivity contribution is 5.76. The summed E-state index contributed by atoms with van der Waals surface area (Å²) in [6.07, 6.45) is 8.02. The molecule has 4 nitrogen and oxygen atoms in total. The number of nitrogens with zero attached hydrogens (tertiary/aromatic N) is 1. The van der Waals surface area contributed by atoms with E-state index in [1.54, 1.807) is 0 Å². The number of carbonyl (C=O) groups excluding carboxylic acids is 1. The summed E-state index contributed by atoms with van der Waals surface area (Å²) in [5.41, 5.74) is 5.85. The van der Waals surface area contributed by atoms with Crippen LogP contribution in [0.3, 0.4) is 0 Å². The van der Waals surface area contributed by atoms with Gasteiger partial charge in [-0.3, -0.25) is 9.69 Å². The van der Waals surface area contributed by atoms with E-state index in [-0.39, 0.29) is 11.9 Å². The van der Waals surface area contributed by atoms with Crippen LogP contribution in [0.5, 0.6) is 0 Å². The first kappa shape index (κ1) is 15.4. The van der Waals surface area contributed by atoms with Crippen LogP contribution in [-0.4, -0.2) is 43.0 Å². The Bertz CT molecular complexity index is 225. The minimum absolute atomic E-state index is 0.148. The molecule has 1 aliphatic rings. The van der Waals surface area contributed by atoms with Crippen LogP contribution in [0.4, 0.5) is 0 Å². The Hall–Kier alpha value is -0.610. The zero-order valence-electron chi connectivity index (χ0n) is 11.8. The average molecular weight is 255 g/mol. The molecule has 106 valence electrons. The molecule has 0 spiro atoms. The van der Waals surface area contributed by atoms with Crippen LogP contribution >= 0.6 is 0 Å². The van der Waals surface area contributed by atoms with Gasteiger partial charge in [-0.25, -0.2) is 0 Å². The van der Waals surface area contributed by atoms with Crippen molar-refractivity contribution in [3.63, 3.8) is 0 Å². The second kappa shape index (κ2) is 9.34. The largest absolute Gasteiger partial charge is 0.356 e. The highest BCUT2D eigenvalue weighted by Crippen LogP contribution is 2.14. The molecular weight excluding hydrogens is 226 g/mol. The summed E-state index contributed by atoms with van der Waals surface area (Å²) in [5.74, 6) is 0.148. The maximum Gasteiger partial charge on any atom is 0.221 e. The van der Waals surface area contributed by atoms with Gasteiger partial charge in [0, 0.05) is 25.6 Å². The van der Waals surface area contributed by atoms with E-state index in [0.29, 0.717) is 13.0 Å². The van der Waals surface area contributed by atoms with E-state index in [4.69, 9.17) is 5.73 Å². The molecule has 3 N–H and O–H groups in total. The standard InChI is InChI=1S/C14H29N3O/c1-2-8-16-14(18)11-13(12-15)17-9-6-4-3-5-7-10-17/h13H,2-12,15H2,1H3,(H,16,18). The Morgan fingerprint density at radius 1 is 1.22 bits per heavy atom. The van der Waals surface area contributed by atoms with Gasteiger partial charge in [0.05, 0.1) is 0 Å². The van der Waals surface area contributed by atoms with Gasteiger partial charge in [-0.1, -0.05) is 26.2 Å². The van der Waals surface area contributed by atoms with E-state index in [1.807, 2.05) is 0 Å². The fraction of sp³-hybridized carbons (Fsp3) is 0.929. The molecule has 1 rings (SSSR count). The van der Waals surface area contributed by atoms with Gasteiger partial charge in [0.25, 0.3) is 0 Å². The normalized spacial score (nSPS) is 19.9. The third-order valence-corrected chi connectivity index (χ3v) is 3.67. The van der Waals surface area contributed by atoms with Gasteiger partial charge in [0.15, 0.2) is 0 Å². The van der Waals surface area contributed by atoms with E-state index in [9.17, 15) is 4.79 Å². The fourth-order valence-corrected chi connectivity index (χ4v) is 2.55. The Morgan fingerprint density at radius 3 is 2.39 bits per heavy atom. The van der Waals surface area contributed by atoms with Crippen LogP contribution in [0.25, 0.3) is 0 Å². The molecule has 0 aliphatic carbocycles. The Balaban J connectivity index is 2.39. The van der Waals surface area contributed by atoms with Gasteiger partial charge in [-0.15, -0.1) is 0 Å². The van der Waals surface area contributed by atoms with E-state index in [0.717, 1.165) is 26.1 Å². The van der Waals surface area contributed by atoms with E-state index in [2.05, 4.69) is 17.1 Å². The Labute approximate surface area is 111 Å². The molecule has 1 saturated heterocycles. The molecule has 1 atom stereocenters. The van der Waals surface area contributed by atoms with Crippen molar-refractivity contribution in [3.05, 3.63) is 0 Å². The molecule has 0 aromatic heterocycles. The predicted molar refractivity (Wildman–Crippen MR) is 75.4 cm³/mol. The highest BCUT2D eigenvalue weighted by Gasteiger charge is 2.20. The zero-order chi connectivity index (χ0) is 13.2. The number of amides is 1. The lowest BCUT2D eigenvalue weighted by Crippen LogP contribution is -2.45. The van der Waals surface area contributed by atoms with Crippen LogP contribution in [-0.2, 0) is 4.79 Å². The molecule has 1 fully saturated rings. The fourth-order valence-electron chi connectivity index (χ4n) is 2.55. The lowest BCUT2D eigenvalue weighted by atomic mass is 10.1. The van der Waals surface area contributed by atoms with Crippen molar-refractivity contribution in [3.8, 4) is 0 Å². The Kier molecular flexibility index (Phi) is 8.01. The molecule has 18 heavy (non-hydrogen) atoms. The molecule has 0 bridgehead atoms. The van der Waals surface area contributed by atoms with Crippen LogP contribution in [0.1, 0.15) is 51.9 Å². The number of carbonyl (C=O) groups is 1. The molecule has 0 aromatic carbocycles. The van der Waals surface area contributed by atoms with Gasteiger partial charge >= 0.3 is 0 Å². The van der Waals surface area contributed by atoms with Crippen molar-refractivity contribution >= 4 is 5.91 Å². The molecule has 4 heteroatoms. The van der Waals surface area contributed by atoms with E-state index in [1.165, 1.54) is 32.1 Å². The molecule has 0 aromatic rings. The summed E-state index contributed by atoms with van der Waals surface area (Å²) in [6, 6.07) is 0.222. The maximum absolute atomic E-state index is 11.8. The lowest BCUT2D eigenvalue weighted by molar-refractivity contribution is -0.122. The molecular formula is C14H29N3O. The summed E-state index contributed by atoms with van der Waals surface area (Å²) >= 11 is 0. The number of hydrogen-bond donors (Lipinski definition) is 2. The van der Waals surface area contributed by atoms with Crippen molar-refractivity contribution in [2.45, 2.75) is 57.9 Å². The summed E-state index contributed by atoms with van der Waals surface area (Å²) in [7, 11) is 0. The molecule has 1 heterocycles. The predicted octanol–water partition coefficient (Wildman–Crippen LogP) is 1.50. The van der Waals surface area contributed by atoms with Crippen LogP contribution in [0.2, 0.25) is 0 Å². The summed E-state index contributed by atoms with van der Waals surface area (Å²) in [6.45, 7) is 5.63. The van der Waals surface area contributed by atoms with Crippen molar-refractivity contribution in [1.29, 1.82) is 0 Å². The third-order valence-electron chi connectivity index (χ3n) is 3.67. The molecule has 1 amide bonds. The molecule has 1 unspecified atom stereocenters.